The SMILES string of the molecule is O=C(COc1ccc(C2SCCCS2)cc1)Nc1ccnn1Cc1cccc(Cl)c1Cl. The van der Waals surface area contributed by atoms with Gasteiger partial charge >= 0.3 is 0 Å². The van der Waals surface area contributed by atoms with Crippen molar-refractivity contribution < 1.29 is 9.53 Å². The van der Waals surface area contributed by atoms with Crippen molar-refractivity contribution in [3.63, 3.8) is 0 Å². The van der Waals surface area contributed by atoms with E-state index in [1.54, 1.807) is 23.0 Å². The fraction of sp³-hybridized carbons (Fsp3) is 0.273. The van der Waals surface area contributed by atoms with Gasteiger partial charge in [-0.05, 0) is 47.3 Å². The van der Waals surface area contributed by atoms with Crippen molar-refractivity contribution in [2.75, 3.05) is 23.4 Å². The van der Waals surface area contributed by atoms with Crippen LogP contribution in [0.4, 0.5) is 5.82 Å². The summed E-state index contributed by atoms with van der Waals surface area (Å²) in [6.45, 7) is 0.302. The maximum absolute atomic E-state index is 12.4. The van der Waals surface area contributed by atoms with Crippen LogP contribution >= 0.6 is 46.7 Å². The van der Waals surface area contributed by atoms with Gasteiger partial charge in [-0.15, -0.1) is 23.5 Å². The quantitative estimate of drug-likeness (QED) is 0.429. The first kappa shape index (κ1) is 22.4. The highest BCUT2D eigenvalue weighted by molar-refractivity contribution is 8.16. The zero-order valence-corrected chi connectivity index (χ0v) is 19.7. The minimum Gasteiger partial charge on any atom is -0.484 e. The van der Waals surface area contributed by atoms with E-state index in [-0.39, 0.29) is 12.5 Å². The summed E-state index contributed by atoms with van der Waals surface area (Å²) in [5.74, 6) is 3.38. The van der Waals surface area contributed by atoms with Gasteiger partial charge in [0.25, 0.3) is 5.91 Å². The molecule has 0 unspecified atom stereocenters. The van der Waals surface area contributed by atoms with Crippen molar-refractivity contribution in [1.29, 1.82) is 0 Å². The van der Waals surface area contributed by atoms with Gasteiger partial charge in [-0.1, -0.05) is 47.5 Å². The first-order valence-corrected chi connectivity index (χ1v) is 12.7. The van der Waals surface area contributed by atoms with Crippen LogP contribution in [-0.4, -0.2) is 33.8 Å². The number of amides is 1. The van der Waals surface area contributed by atoms with Crippen LogP contribution < -0.4 is 10.1 Å². The highest BCUT2D eigenvalue weighted by atomic mass is 35.5. The lowest BCUT2D eigenvalue weighted by molar-refractivity contribution is -0.118. The van der Waals surface area contributed by atoms with Crippen LogP contribution in [0.15, 0.2) is 54.7 Å². The summed E-state index contributed by atoms with van der Waals surface area (Å²) >= 11 is 16.3. The van der Waals surface area contributed by atoms with Crippen LogP contribution in [0, 0.1) is 0 Å². The highest BCUT2D eigenvalue weighted by Crippen LogP contribution is 2.43. The predicted octanol–water partition coefficient (Wildman–Crippen LogP) is 6.12. The second-order valence-electron chi connectivity index (χ2n) is 6.92. The Bertz CT molecular complexity index is 1040. The molecule has 1 aliphatic rings. The first-order chi connectivity index (χ1) is 15.1. The molecule has 1 N–H and O–H groups in total. The van der Waals surface area contributed by atoms with Gasteiger partial charge in [0.2, 0.25) is 0 Å². The van der Waals surface area contributed by atoms with Crippen LogP contribution in [0.1, 0.15) is 22.1 Å². The molecule has 31 heavy (non-hydrogen) atoms. The van der Waals surface area contributed by atoms with Crippen molar-refractivity contribution in [1.82, 2.24) is 9.78 Å². The second kappa shape index (κ2) is 10.7. The third kappa shape index (κ3) is 5.92. The fourth-order valence-corrected chi connectivity index (χ4v) is 6.40. The Morgan fingerprint density at radius 3 is 2.68 bits per heavy atom. The number of anilines is 1. The lowest BCUT2D eigenvalue weighted by Crippen LogP contribution is -2.22. The number of nitrogens with zero attached hydrogens (tertiary/aromatic N) is 2. The van der Waals surface area contributed by atoms with Crippen LogP contribution in [0.3, 0.4) is 0 Å². The Hall–Kier alpha value is -1.80. The van der Waals surface area contributed by atoms with Crippen LogP contribution in [0.2, 0.25) is 10.0 Å². The molecule has 0 radical (unpaired) electrons. The molecule has 1 aliphatic heterocycles. The van der Waals surface area contributed by atoms with Gasteiger partial charge < -0.3 is 10.1 Å². The first-order valence-electron chi connectivity index (χ1n) is 9.80. The lowest BCUT2D eigenvalue weighted by atomic mass is 10.2. The molecule has 2 aromatic carbocycles. The molecule has 0 atom stereocenters. The number of rotatable bonds is 7. The average molecular weight is 494 g/mol. The van der Waals surface area contributed by atoms with Crippen molar-refractivity contribution in [2.45, 2.75) is 17.5 Å². The normalized spacial score (nSPS) is 14.4. The Morgan fingerprint density at radius 2 is 1.90 bits per heavy atom. The van der Waals surface area contributed by atoms with Gasteiger partial charge in [0.05, 0.1) is 27.4 Å². The molecular formula is C22H21Cl2N3O2S2. The molecule has 1 aromatic heterocycles. The molecule has 0 saturated carbocycles. The molecule has 1 fully saturated rings. The summed E-state index contributed by atoms with van der Waals surface area (Å²) in [6, 6.07) is 15.2. The van der Waals surface area contributed by atoms with E-state index in [2.05, 4.69) is 22.5 Å². The van der Waals surface area contributed by atoms with Crippen LogP contribution in [0.25, 0.3) is 0 Å². The summed E-state index contributed by atoms with van der Waals surface area (Å²) < 4.78 is 7.80. The number of halogens is 2. The number of nitrogens with one attached hydrogen (secondary N) is 1. The molecule has 1 amide bonds. The Morgan fingerprint density at radius 1 is 1.13 bits per heavy atom. The van der Waals surface area contributed by atoms with Gasteiger partial charge in [0, 0.05) is 6.07 Å². The molecule has 1 saturated heterocycles. The number of carbonyl (C=O) groups excluding carboxylic acids is 1. The molecule has 0 aliphatic carbocycles. The number of hydrogen-bond donors (Lipinski definition) is 1. The van der Waals surface area contributed by atoms with Crippen LogP contribution in [-0.2, 0) is 11.3 Å². The maximum atomic E-state index is 12.4. The molecule has 5 nitrogen and oxygen atoms in total. The second-order valence-corrected chi connectivity index (χ2v) is 10.4. The van der Waals surface area contributed by atoms with E-state index < -0.39 is 0 Å². The van der Waals surface area contributed by atoms with Crippen molar-refractivity contribution >= 4 is 58.5 Å². The predicted molar refractivity (Wildman–Crippen MR) is 131 cm³/mol. The van der Waals surface area contributed by atoms with Crippen molar-refractivity contribution in [2.24, 2.45) is 0 Å². The van der Waals surface area contributed by atoms with Gasteiger partial charge in [-0.3, -0.25) is 4.79 Å². The minimum absolute atomic E-state index is 0.0879. The van der Waals surface area contributed by atoms with E-state index in [4.69, 9.17) is 27.9 Å². The third-order valence-corrected chi connectivity index (χ3v) is 8.56. The van der Waals surface area contributed by atoms with Crippen LogP contribution in [0.5, 0.6) is 5.75 Å². The Labute approximate surface area is 199 Å². The van der Waals surface area contributed by atoms with Crippen molar-refractivity contribution in [3.8, 4) is 5.75 Å². The van der Waals surface area contributed by atoms with E-state index >= 15 is 0 Å². The molecular weight excluding hydrogens is 473 g/mol. The van der Waals surface area contributed by atoms with Crippen molar-refractivity contribution in [3.05, 3.63) is 75.9 Å². The average Bonchev–Trinajstić information content (AvgIpc) is 3.23. The molecule has 162 valence electrons. The molecule has 9 heteroatoms. The number of aromatic nitrogens is 2. The van der Waals surface area contributed by atoms with E-state index in [0.29, 0.717) is 32.7 Å². The van der Waals surface area contributed by atoms with E-state index in [9.17, 15) is 4.79 Å². The number of ether oxygens (including phenoxy) is 1. The summed E-state index contributed by atoms with van der Waals surface area (Å²) in [4.78, 5) is 12.4. The summed E-state index contributed by atoms with van der Waals surface area (Å²) in [6.07, 6.45) is 2.89. The Kier molecular flexibility index (Phi) is 7.72. The monoisotopic (exact) mass is 493 g/mol. The summed E-state index contributed by atoms with van der Waals surface area (Å²) in [5, 5.41) is 8.06. The zero-order chi connectivity index (χ0) is 21.6. The van der Waals surface area contributed by atoms with E-state index in [1.165, 1.54) is 23.5 Å². The van der Waals surface area contributed by atoms with Gasteiger partial charge in [0.15, 0.2) is 6.61 Å². The smallest absolute Gasteiger partial charge is 0.263 e. The minimum atomic E-state index is -0.263. The molecule has 3 aromatic rings. The fourth-order valence-electron chi connectivity index (χ4n) is 3.13. The molecule has 0 bridgehead atoms. The number of hydrogen-bond acceptors (Lipinski definition) is 5. The largest absolute Gasteiger partial charge is 0.484 e. The van der Waals surface area contributed by atoms with Gasteiger partial charge in [-0.25, -0.2) is 4.68 Å². The standard InChI is InChI=1S/C22H21Cl2N3O2S2/c23-18-4-1-3-16(21(18)24)13-27-19(9-10-25-27)26-20(28)14-29-17-7-5-15(6-8-17)22-30-11-2-12-31-22/h1,3-10,22H,2,11-14H2,(H,26,28). The summed E-state index contributed by atoms with van der Waals surface area (Å²) in [5.41, 5.74) is 2.11. The summed E-state index contributed by atoms with van der Waals surface area (Å²) in [7, 11) is 0. The lowest BCUT2D eigenvalue weighted by Gasteiger charge is -2.21. The molecule has 2 heterocycles. The molecule has 4 rings (SSSR count). The topological polar surface area (TPSA) is 56.1 Å². The number of benzene rings is 2. The highest BCUT2D eigenvalue weighted by Gasteiger charge is 2.16. The maximum Gasteiger partial charge on any atom is 0.263 e. The number of carbonyl (C=O) groups is 1. The number of thioether (sulfide) groups is 2. The van der Waals surface area contributed by atoms with E-state index in [1.807, 2.05) is 47.8 Å². The van der Waals surface area contributed by atoms with E-state index in [0.717, 1.165) is 5.56 Å². The Balaban J connectivity index is 1.31. The molecule has 0 spiro atoms. The van der Waals surface area contributed by atoms with Gasteiger partial charge in [-0.2, -0.15) is 5.10 Å². The van der Waals surface area contributed by atoms with Gasteiger partial charge in [0.1, 0.15) is 11.6 Å². The third-order valence-electron chi connectivity index (χ3n) is 4.69. The zero-order valence-electron chi connectivity index (χ0n) is 16.6.